The third kappa shape index (κ3) is 3.33. The third-order valence-electron chi connectivity index (χ3n) is 4.81. The van der Waals surface area contributed by atoms with Gasteiger partial charge in [-0.25, -0.2) is 0 Å². The largest absolute Gasteiger partial charge is 0.359 e. The average Bonchev–Trinajstić information content (AvgIpc) is 3.11. The molecule has 4 heteroatoms. The minimum absolute atomic E-state index is 0.233. The molecule has 1 amide bonds. The molecule has 0 saturated carbocycles. The summed E-state index contributed by atoms with van der Waals surface area (Å²) in [4.78, 5) is 22.2. The normalized spacial score (nSPS) is 14.6. The summed E-state index contributed by atoms with van der Waals surface area (Å²) in [6, 6.07) is 14.2. The summed E-state index contributed by atoms with van der Waals surface area (Å²) in [5.41, 5.74) is 5.72. The third-order valence-corrected chi connectivity index (χ3v) is 4.81. The number of pyridine rings is 1. The summed E-state index contributed by atoms with van der Waals surface area (Å²) >= 11 is 0. The highest BCUT2D eigenvalue weighted by atomic mass is 16.2. The van der Waals surface area contributed by atoms with Crippen LogP contribution in [-0.2, 0) is 11.2 Å². The van der Waals surface area contributed by atoms with E-state index in [4.69, 9.17) is 0 Å². The van der Waals surface area contributed by atoms with Crippen molar-refractivity contribution in [3.8, 4) is 0 Å². The molecule has 25 heavy (non-hydrogen) atoms. The maximum atomic E-state index is 12.5. The quantitative estimate of drug-likeness (QED) is 0.790. The predicted molar refractivity (Wildman–Crippen MR) is 100 cm³/mol. The fourth-order valence-electron chi connectivity index (χ4n) is 3.39. The Kier molecular flexibility index (Phi) is 4.34. The van der Waals surface area contributed by atoms with Crippen LogP contribution in [0.3, 0.4) is 0 Å². The van der Waals surface area contributed by atoms with Crippen molar-refractivity contribution in [2.24, 2.45) is 0 Å². The number of carbonyl (C=O) groups excluding carboxylic acids is 1. The lowest BCUT2D eigenvalue weighted by Crippen LogP contribution is -2.34. The van der Waals surface area contributed by atoms with Gasteiger partial charge >= 0.3 is 0 Å². The molecule has 0 atom stereocenters. The van der Waals surface area contributed by atoms with Gasteiger partial charge in [0, 0.05) is 37.5 Å². The fourth-order valence-corrected chi connectivity index (χ4v) is 3.39. The second kappa shape index (κ2) is 6.93. The number of hydrogen-bond acceptors (Lipinski definition) is 2. The SMILES string of the molecule is O=C(CCc1ccccc1)N1CC=C(c2c[nH]c3cccnc23)CC1. The van der Waals surface area contributed by atoms with E-state index in [1.54, 1.807) is 0 Å². The first kappa shape index (κ1) is 15.6. The van der Waals surface area contributed by atoms with Crippen molar-refractivity contribution in [1.29, 1.82) is 0 Å². The number of fused-ring (bicyclic) bond motifs is 1. The summed E-state index contributed by atoms with van der Waals surface area (Å²) in [7, 11) is 0. The molecular weight excluding hydrogens is 310 g/mol. The van der Waals surface area contributed by atoms with Gasteiger partial charge in [0.05, 0.1) is 11.0 Å². The summed E-state index contributed by atoms with van der Waals surface area (Å²) in [5.74, 6) is 0.233. The standard InChI is InChI=1S/C21H21N3O/c25-20(9-8-16-5-2-1-3-6-16)24-13-10-17(11-14-24)18-15-23-19-7-4-12-22-21(18)19/h1-7,10,12,15,23H,8-9,11,13-14H2. The number of carbonyl (C=O) groups is 1. The number of nitrogens with one attached hydrogen (secondary N) is 1. The molecular formula is C21H21N3O. The van der Waals surface area contributed by atoms with E-state index in [1.165, 1.54) is 11.1 Å². The van der Waals surface area contributed by atoms with Gasteiger partial charge in [-0.2, -0.15) is 0 Å². The molecule has 1 aromatic carbocycles. The molecule has 1 aliphatic rings. The molecule has 0 unspecified atom stereocenters. The van der Waals surface area contributed by atoms with Gasteiger partial charge in [0.2, 0.25) is 5.91 Å². The smallest absolute Gasteiger partial charge is 0.223 e. The van der Waals surface area contributed by atoms with E-state index in [0.717, 1.165) is 36.0 Å². The van der Waals surface area contributed by atoms with Crippen LogP contribution in [0, 0.1) is 0 Å². The lowest BCUT2D eigenvalue weighted by atomic mass is 10.0. The van der Waals surface area contributed by atoms with Crippen LogP contribution < -0.4 is 0 Å². The Morgan fingerprint density at radius 1 is 1.16 bits per heavy atom. The van der Waals surface area contributed by atoms with Crippen LogP contribution in [0.15, 0.2) is 60.9 Å². The monoisotopic (exact) mass is 331 g/mol. The van der Waals surface area contributed by atoms with Gasteiger partial charge in [-0.05, 0) is 36.1 Å². The molecule has 126 valence electrons. The van der Waals surface area contributed by atoms with E-state index < -0.39 is 0 Å². The zero-order valence-electron chi connectivity index (χ0n) is 14.1. The average molecular weight is 331 g/mol. The molecule has 4 nitrogen and oxygen atoms in total. The second-order valence-corrected chi connectivity index (χ2v) is 6.41. The van der Waals surface area contributed by atoms with Gasteiger partial charge in [0.1, 0.15) is 0 Å². The maximum Gasteiger partial charge on any atom is 0.223 e. The molecule has 4 rings (SSSR count). The lowest BCUT2D eigenvalue weighted by molar-refractivity contribution is -0.130. The van der Waals surface area contributed by atoms with Crippen LogP contribution in [0.4, 0.5) is 0 Å². The molecule has 1 aliphatic heterocycles. The number of aromatic amines is 1. The van der Waals surface area contributed by atoms with Crippen molar-refractivity contribution in [3.63, 3.8) is 0 Å². The number of amides is 1. The number of rotatable bonds is 4. The molecule has 0 radical (unpaired) electrons. The zero-order valence-corrected chi connectivity index (χ0v) is 14.1. The van der Waals surface area contributed by atoms with Gasteiger partial charge < -0.3 is 9.88 Å². The predicted octanol–water partition coefficient (Wildman–Crippen LogP) is 3.81. The van der Waals surface area contributed by atoms with E-state index >= 15 is 0 Å². The van der Waals surface area contributed by atoms with Crippen LogP contribution in [0.5, 0.6) is 0 Å². The number of H-pyrrole nitrogens is 1. The van der Waals surface area contributed by atoms with E-state index in [9.17, 15) is 4.79 Å². The van der Waals surface area contributed by atoms with Crippen molar-refractivity contribution >= 4 is 22.5 Å². The van der Waals surface area contributed by atoms with Gasteiger partial charge in [-0.15, -0.1) is 0 Å². The van der Waals surface area contributed by atoms with Crippen LogP contribution in [0.25, 0.3) is 16.6 Å². The van der Waals surface area contributed by atoms with Crippen molar-refractivity contribution < 1.29 is 4.79 Å². The topological polar surface area (TPSA) is 49.0 Å². The first-order valence-corrected chi connectivity index (χ1v) is 8.74. The minimum Gasteiger partial charge on any atom is -0.359 e. The van der Waals surface area contributed by atoms with Crippen LogP contribution in [0.1, 0.15) is 24.0 Å². The Labute approximate surface area is 147 Å². The first-order chi connectivity index (χ1) is 12.3. The van der Waals surface area contributed by atoms with Gasteiger partial charge in [-0.3, -0.25) is 9.78 Å². The van der Waals surface area contributed by atoms with E-state index in [1.807, 2.05) is 47.6 Å². The summed E-state index contributed by atoms with van der Waals surface area (Å²) in [5, 5.41) is 0. The Hall–Kier alpha value is -2.88. The minimum atomic E-state index is 0.233. The van der Waals surface area contributed by atoms with Crippen LogP contribution in [-0.4, -0.2) is 33.9 Å². The molecule has 3 aromatic rings. The van der Waals surface area contributed by atoms with Crippen molar-refractivity contribution in [2.75, 3.05) is 13.1 Å². The Bertz CT molecular complexity index is 911. The van der Waals surface area contributed by atoms with Crippen molar-refractivity contribution in [3.05, 3.63) is 72.1 Å². The number of hydrogen-bond donors (Lipinski definition) is 1. The Morgan fingerprint density at radius 3 is 2.84 bits per heavy atom. The second-order valence-electron chi connectivity index (χ2n) is 6.41. The van der Waals surface area contributed by atoms with Gasteiger partial charge in [0.15, 0.2) is 0 Å². The molecule has 0 aliphatic carbocycles. The number of aryl methyl sites for hydroxylation is 1. The highest BCUT2D eigenvalue weighted by molar-refractivity contribution is 5.90. The molecule has 0 spiro atoms. The highest BCUT2D eigenvalue weighted by Gasteiger charge is 2.19. The van der Waals surface area contributed by atoms with E-state index in [2.05, 4.69) is 28.2 Å². The van der Waals surface area contributed by atoms with Gasteiger partial charge in [-0.1, -0.05) is 36.4 Å². The van der Waals surface area contributed by atoms with Crippen molar-refractivity contribution in [2.45, 2.75) is 19.3 Å². The molecule has 1 N–H and O–H groups in total. The number of aromatic nitrogens is 2. The van der Waals surface area contributed by atoms with E-state index in [0.29, 0.717) is 13.0 Å². The zero-order chi connectivity index (χ0) is 17.1. The van der Waals surface area contributed by atoms with Crippen molar-refractivity contribution in [1.82, 2.24) is 14.9 Å². The Balaban J connectivity index is 1.41. The molecule has 0 saturated heterocycles. The number of benzene rings is 1. The highest BCUT2D eigenvalue weighted by Crippen LogP contribution is 2.28. The van der Waals surface area contributed by atoms with Crippen LogP contribution in [0.2, 0.25) is 0 Å². The summed E-state index contributed by atoms with van der Waals surface area (Å²) in [6.45, 7) is 1.46. The van der Waals surface area contributed by atoms with Gasteiger partial charge in [0.25, 0.3) is 0 Å². The summed E-state index contributed by atoms with van der Waals surface area (Å²) in [6.07, 6.45) is 8.27. The molecule has 3 heterocycles. The molecule has 0 fully saturated rings. The first-order valence-electron chi connectivity index (χ1n) is 8.74. The fraction of sp³-hybridized carbons (Fsp3) is 0.238. The number of nitrogens with zero attached hydrogens (tertiary/aromatic N) is 2. The Morgan fingerprint density at radius 2 is 2.04 bits per heavy atom. The molecule has 0 bridgehead atoms. The van der Waals surface area contributed by atoms with Crippen LogP contribution >= 0.6 is 0 Å². The van der Waals surface area contributed by atoms with E-state index in [-0.39, 0.29) is 5.91 Å². The molecule has 2 aromatic heterocycles. The lowest BCUT2D eigenvalue weighted by Gasteiger charge is -2.26. The summed E-state index contributed by atoms with van der Waals surface area (Å²) < 4.78 is 0. The maximum absolute atomic E-state index is 12.5.